The Kier molecular flexibility index (Phi) is 15.5. The van der Waals surface area contributed by atoms with Crippen LogP contribution in [-0.4, -0.2) is 12.6 Å². The van der Waals surface area contributed by atoms with Gasteiger partial charge in [0.15, 0.2) is 0 Å². The van der Waals surface area contributed by atoms with Crippen LogP contribution >= 0.6 is 0 Å². The number of ether oxygens (including phenoxy) is 1. The van der Waals surface area contributed by atoms with Crippen LogP contribution in [0.3, 0.4) is 0 Å². The van der Waals surface area contributed by atoms with Crippen molar-refractivity contribution in [2.75, 3.05) is 6.61 Å². The van der Waals surface area contributed by atoms with E-state index in [2.05, 4.69) is 20.8 Å². The van der Waals surface area contributed by atoms with Gasteiger partial charge in [-0.1, -0.05) is 85.0 Å². The van der Waals surface area contributed by atoms with E-state index in [-0.39, 0.29) is 5.97 Å². The summed E-state index contributed by atoms with van der Waals surface area (Å²) in [5.74, 6) is 0.576. The molecule has 0 spiro atoms. The molecule has 0 aliphatic heterocycles. The maximum atomic E-state index is 11.7. The van der Waals surface area contributed by atoms with Crippen molar-refractivity contribution < 1.29 is 9.53 Å². The standard InChI is InChI=1S/C19H38O2/c1-4-7-9-10-11-12-14-16-19(20)21-17-18(6-3)15-13-8-5-2/h18H,4-17H2,1-3H3. The minimum atomic E-state index is 0.0116. The fourth-order valence-corrected chi connectivity index (χ4v) is 2.60. The molecular weight excluding hydrogens is 260 g/mol. The highest BCUT2D eigenvalue weighted by Gasteiger charge is 2.09. The molecule has 0 radical (unpaired) electrons. The first-order valence-electron chi connectivity index (χ1n) is 9.40. The number of rotatable bonds is 15. The monoisotopic (exact) mass is 298 g/mol. The molecule has 1 unspecified atom stereocenters. The molecule has 0 fully saturated rings. The first kappa shape index (κ1) is 20.5. The van der Waals surface area contributed by atoms with E-state index in [0.717, 1.165) is 12.8 Å². The average Bonchev–Trinajstić information content (AvgIpc) is 2.49. The van der Waals surface area contributed by atoms with E-state index in [0.29, 0.717) is 18.9 Å². The third-order valence-corrected chi connectivity index (χ3v) is 4.26. The zero-order valence-corrected chi connectivity index (χ0v) is 14.8. The fourth-order valence-electron chi connectivity index (χ4n) is 2.60. The van der Waals surface area contributed by atoms with Crippen LogP contribution in [0.5, 0.6) is 0 Å². The summed E-state index contributed by atoms with van der Waals surface area (Å²) in [5, 5.41) is 0. The van der Waals surface area contributed by atoms with Gasteiger partial charge >= 0.3 is 5.97 Å². The summed E-state index contributed by atoms with van der Waals surface area (Å²) in [6.07, 6.45) is 15.5. The van der Waals surface area contributed by atoms with Crippen LogP contribution in [0.2, 0.25) is 0 Å². The molecule has 21 heavy (non-hydrogen) atoms. The average molecular weight is 299 g/mol. The summed E-state index contributed by atoms with van der Waals surface area (Å²) in [4.78, 5) is 11.7. The molecule has 0 rings (SSSR count). The normalized spacial score (nSPS) is 12.3. The fraction of sp³-hybridized carbons (Fsp3) is 0.947. The van der Waals surface area contributed by atoms with E-state index in [1.54, 1.807) is 0 Å². The topological polar surface area (TPSA) is 26.3 Å². The zero-order valence-electron chi connectivity index (χ0n) is 14.8. The number of hydrogen-bond donors (Lipinski definition) is 0. The van der Waals surface area contributed by atoms with Crippen molar-refractivity contribution in [1.82, 2.24) is 0 Å². The lowest BCUT2D eigenvalue weighted by atomic mass is 10.00. The van der Waals surface area contributed by atoms with E-state index >= 15 is 0 Å². The van der Waals surface area contributed by atoms with Crippen molar-refractivity contribution >= 4 is 5.97 Å². The maximum absolute atomic E-state index is 11.7. The van der Waals surface area contributed by atoms with Gasteiger partial charge in [-0.2, -0.15) is 0 Å². The number of carbonyl (C=O) groups is 1. The highest BCUT2D eigenvalue weighted by atomic mass is 16.5. The summed E-state index contributed by atoms with van der Waals surface area (Å²) < 4.78 is 5.43. The summed E-state index contributed by atoms with van der Waals surface area (Å²) in [5.41, 5.74) is 0. The lowest BCUT2D eigenvalue weighted by Crippen LogP contribution is -2.13. The van der Waals surface area contributed by atoms with Crippen molar-refractivity contribution in [2.24, 2.45) is 5.92 Å². The van der Waals surface area contributed by atoms with Gasteiger partial charge in [0.25, 0.3) is 0 Å². The molecule has 0 saturated carbocycles. The summed E-state index contributed by atoms with van der Waals surface area (Å²) in [6.45, 7) is 7.29. The number of esters is 1. The second-order valence-electron chi connectivity index (χ2n) is 6.32. The van der Waals surface area contributed by atoms with Gasteiger partial charge in [-0.15, -0.1) is 0 Å². The van der Waals surface area contributed by atoms with E-state index in [1.165, 1.54) is 64.2 Å². The predicted octanol–water partition coefficient (Wildman–Crippen LogP) is 6.28. The Morgan fingerprint density at radius 2 is 1.38 bits per heavy atom. The van der Waals surface area contributed by atoms with Crippen molar-refractivity contribution in [3.63, 3.8) is 0 Å². The Labute approximate surface area is 133 Å². The molecule has 0 aromatic rings. The maximum Gasteiger partial charge on any atom is 0.305 e. The van der Waals surface area contributed by atoms with Crippen LogP contribution < -0.4 is 0 Å². The number of hydrogen-bond acceptors (Lipinski definition) is 2. The van der Waals surface area contributed by atoms with Gasteiger partial charge in [-0.05, 0) is 18.8 Å². The summed E-state index contributed by atoms with van der Waals surface area (Å²) >= 11 is 0. The Bertz CT molecular complexity index is 226. The smallest absolute Gasteiger partial charge is 0.305 e. The second kappa shape index (κ2) is 15.9. The molecule has 0 aliphatic carbocycles. The predicted molar refractivity (Wildman–Crippen MR) is 91.5 cm³/mol. The van der Waals surface area contributed by atoms with Crippen LogP contribution in [0.1, 0.15) is 104 Å². The van der Waals surface area contributed by atoms with Crippen LogP contribution in [0, 0.1) is 5.92 Å². The molecule has 2 heteroatoms. The van der Waals surface area contributed by atoms with Crippen LogP contribution in [-0.2, 0) is 9.53 Å². The van der Waals surface area contributed by atoms with E-state index in [9.17, 15) is 4.79 Å². The third kappa shape index (κ3) is 14.2. The molecule has 0 aliphatic rings. The van der Waals surface area contributed by atoms with E-state index < -0.39 is 0 Å². The molecule has 126 valence electrons. The van der Waals surface area contributed by atoms with Gasteiger partial charge in [0.2, 0.25) is 0 Å². The van der Waals surface area contributed by atoms with Gasteiger partial charge in [0, 0.05) is 6.42 Å². The van der Waals surface area contributed by atoms with Crippen LogP contribution in [0.25, 0.3) is 0 Å². The van der Waals surface area contributed by atoms with E-state index in [4.69, 9.17) is 4.74 Å². The highest BCUT2D eigenvalue weighted by Crippen LogP contribution is 2.15. The molecule has 0 heterocycles. The molecule has 0 aromatic carbocycles. The molecule has 0 amide bonds. The van der Waals surface area contributed by atoms with Crippen molar-refractivity contribution in [3.8, 4) is 0 Å². The van der Waals surface area contributed by atoms with Gasteiger partial charge in [0.1, 0.15) is 0 Å². The summed E-state index contributed by atoms with van der Waals surface area (Å²) in [7, 11) is 0. The molecular formula is C19H38O2. The molecule has 2 nitrogen and oxygen atoms in total. The van der Waals surface area contributed by atoms with Crippen molar-refractivity contribution in [1.29, 1.82) is 0 Å². The van der Waals surface area contributed by atoms with Gasteiger partial charge in [-0.25, -0.2) is 0 Å². The Balaban J connectivity index is 3.46. The lowest BCUT2D eigenvalue weighted by molar-refractivity contribution is -0.145. The van der Waals surface area contributed by atoms with Gasteiger partial charge in [-0.3, -0.25) is 4.79 Å². The minimum absolute atomic E-state index is 0.0116. The van der Waals surface area contributed by atoms with Gasteiger partial charge in [0.05, 0.1) is 6.61 Å². The second-order valence-corrected chi connectivity index (χ2v) is 6.32. The van der Waals surface area contributed by atoms with Crippen molar-refractivity contribution in [2.45, 2.75) is 104 Å². The van der Waals surface area contributed by atoms with Gasteiger partial charge < -0.3 is 4.74 Å². The highest BCUT2D eigenvalue weighted by molar-refractivity contribution is 5.69. The van der Waals surface area contributed by atoms with E-state index in [1.807, 2.05) is 0 Å². The molecule has 1 atom stereocenters. The molecule has 0 N–H and O–H groups in total. The Morgan fingerprint density at radius 1 is 0.810 bits per heavy atom. The Hall–Kier alpha value is -0.530. The first-order valence-corrected chi connectivity index (χ1v) is 9.40. The first-order chi connectivity index (χ1) is 10.2. The molecule has 0 bridgehead atoms. The van der Waals surface area contributed by atoms with Crippen molar-refractivity contribution in [3.05, 3.63) is 0 Å². The Morgan fingerprint density at radius 3 is 2.00 bits per heavy atom. The quantitative estimate of drug-likeness (QED) is 0.263. The minimum Gasteiger partial charge on any atom is -0.465 e. The largest absolute Gasteiger partial charge is 0.465 e. The SMILES string of the molecule is CCCCCCCCCC(=O)OCC(CC)CCCCC. The van der Waals surface area contributed by atoms with Crippen LogP contribution in [0.4, 0.5) is 0 Å². The number of unbranched alkanes of at least 4 members (excludes halogenated alkanes) is 8. The third-order valence-electron chi connectivity index (χ3n) is 4.26. The number of carbonyl (C=O) groups excluding carboxylic acids is 1. The lowest BCUT2D eigenvalue weighted by Gasteiger charge is -2.14. The zero-order chi connectivity index (χ0) is 15.8. The summed E-state index contributed by atoms with van der Waals surface area (Å²) in [6, 6.07) is 0. The van der Waals surface area contributed by atoms with Crippen LogP contribution in [0.15, 0.2) is 0 Å². The molecule has 0 aromatic heterocycles. The molecule has 0 saturated heterocycles.